The average Bonchev–Trinajstić information content (AvgIpc) is 2.46. The van der Waals surface area contributed by atoms with Gasteiger partial charge in [-0.1, -0.05) is 47.5 Å². The molecule has 0 unspecified atom stereocenters. The van der Waals surface area contributed by atoms with E-state index >= 15 is 0 Å². The van der Waals surface area contributed by atoms with Gasteiger partial charge in [-0.2, -0.15) is 0 Å². The van der Waals surface area contributed by atoms with E-state index in [1.54, 1.807) is 6.07 Å². The van der Waals surface area contributed by atoms with Gasteiger partial charge in [0.1, 0.15) is 0 Å². The predicted octanol–water partition coefficient (Wildman–Crippen LogP) is 5.17. The molecule has 110 valence electrons. The van der Waals surface area contributed by atoms with E-state index in [9.17, 15) is 4.79 Å². The van der Waals surface area contributed by atoms with Gasteiger partial charge in [-0.25, -0.2) is 0 Å². The van der Waals surface area contributed by atoms with E-state index in [4.69, 9.17) is 23.2 Å². The number of halogens is 2. The van der Waals surface area contributed by atoms with Crippen molar-refractivity contribution in [3.8, 4) is 0 Å². The quantitative estimate of drug-likeness (QED) is 0.813. The van der Waals surface area contributed by atoms with Gasteiger partial charge in [-0.15, -0.1) is 11.8 Å². The molecule has 5 heteroatoms. The van der Waals surface area contributed by atoms with E-state index < -0.39 is 0 Å². The second-order valence-corrected chi connectivity index (χ2v) is 6.34. The molecule has 0 saturated heterocycles. The highest BCUT2D eigenvalue weighted by Gasteiger charge is 2.07. The van der Waals surface area contributed by atoms with Gasteiger partial charge in [0.25, 0.3) is 0 Å². The number of amides is 1. The van der Waals surface area contributed by atoms with Gasteiger partial charge < -0.3 is 5.32 Å². The molecule has 0 radical (unpaired) electrons. The minimum atomic E-state index is -0.0441. The van der Waals surface area contributed by atoms with Crippen LogP contribution in [0.1, 0.15) is 11.1 Å². The topological polar surface area (TPSA) is 29.1 Å². The van der Waals surface area contributed by atoms with Crippen LogP contribution in [0, 0.1) is 6.92 Å². The third-order valence-corrected chi connectivity index (χ3v) is 4.75. The number of hydrogen-bond donors (Lipinski definition) is 1. The second-order valence-electron chi connectivity index (χ2n) is 4.54. The van der Waals surface area contributed by atoms with Gasteiger partial charge in [-0.05, 0) is 36.2 Å². The summed E-state index contributed by atoms with van der Waals surface area (Å²) in [5.41, 5.74) is 2.67. The summed E-state index contributed by atoms with van der Waals surface area (Å²) >= 11 is 13.6. The number of carbonyl (C=O) groups excluding carboxylic acids is 1. The molecule has 0 heterocycles. The number of benzene rings is 2. The van der Waals surface area contributed by atoms with Gasteiger partial charge in [0.2, 0.25) is 5.91 Å². The van der Waals surface area contributed by atoms with Gasteiger partial charge in [-0.3, -0.25) is 4.79 Å². The molecule has 0 atom stereocenters. The van der Waals surface area contributed by atoms with E-state index in [0.717, 1.165) is 21.8 Å². The highest BCUT2D eigenvalue weighted by atomic mass is 35.5. The fourth-order valence-corrected chi connectivity index (χ4v) is 3.09. The third-order valence-electron chi connectivity index (χ3n) is 2.99. The Morgan fingerprint density at radius 2 is 1.81 bits per heavy atom. The van der Waals surface area contributed by atoms with Gasteiger partial charge in [0.05, 0.1) is 5.75 Å². The SMILES string of the molecule is Cc1c(Cl)cccc1NC(=O)CSCc1ccccc1Cl. The van der Waals surface area contributed by atoms with Crippen LogP contribution in [0.3, 0.4) is 0 Å². The molecular weight excluding hydrogens is 325 g/mol. The maximum absolute atomic E-state index is 11.9. The summed E-state index contributed by atoms with van der Waals surface area (Å²) in [6.45, 7) is 1.88. The Labute approximate surface area is 138 Å². The second kappa shape index (κ2) is 7.74. The van der Waals surface area contributed by atoms with Crippen molar-refractivity contribution in [1.82, 2.24) is 0 Å². The minimum absolute atomic E-state index is 0.0441. The maximum Gasteiger partial charge on any atom is 0.234 e. The smallest absolute Gasteiger partial charge is 0.234 e. The van der Waals surface area contributed by atoms with Crippen LogP contribution in [0.15, 0.2) is 42.5 Å². The van der Waals surface area contributed by atoms with Crippen LogP contribution in [0.4, 0.5) is 5.69 Å². The van der Waals surface area contributed by atoms with Crippen LogP contribution in [0.25, 0.3) is 0 Å². The first-order valence-electron chi connectivity index (χ1n) is 6.44. The van der Waals surface area contributed by atoms with Crippen LogP contribution in [0.5, 0.6) is 0 Å². The van der Waals surface area contributed by atoms with Gasteiger partial charge in [0, 0.05) is 21.5 Å². The molecule has 0 aliphatic heterocycles. The monoisotopic (exact) mass is 339 g/mol. The van der Waals surface area contributed by atoms with Crippen LogP contribution < -0.4 is 5.32 Å². The van der Waals surface area contributed by atoms with Gasteiger partial charge >= 0.3 is 0 Å². The highest BCUT2D eigenvalue weighted by molar-refractivity contribution is 7.99. The summed E-state index contributed by atoms with van der Waals surface area (Å²) in [5, 5.41) is 4.26. The standard InChI is InChI=1S/C16H15Cl2NOS/c1-11-13(17)7-4-8-15(11)19-16(20)10-21-9-12-5-2-3-6-14(12)18/h2-8H,9-10H2,1H3,(H,19,20). The molecule has 1 amide bonds. The number of carbonyl (C=O) groups is 1. The molecule has 0 aromatic heterocycles. The predicted molar refractivity (Wildman–Crippen MR) is 92.4 cm³/mol. The molecule has 2 nitrogen and oxygen atoms in total. The Morgan fingerprint density at radius 3 is 2.57 bits per heavy atom. The van der Waals surface area contributed by atoms with Crippen molar-refractivity contribution in [3.05, 3.63) is 63.6 Å². The fourth-order valence-electron chi connectivity index (χ4n) is 1.80. The molecule has 0 bridgehead atoms. The highest BCUT2D eigenvalue weighted by Crippen LogP contribution is 2.24. The lowest BCUT2D eigenvalue weighted by molar-refractivity contribution is -0.113. The van der Waals surface area contributed by atoms with Crippen molar-refractivity contribution >= 4 is 46.6 Å². The minimum Gasteiger partial charge on any atom is -0.325 e. The molecule has 0 fully saturated rings. The van der Waals surface area contributed by atoms with Crippen molar-refractivity contribution in [1.29, 1.82) is 0 Å². The van der Waals surface area contributed by atoms with Crippen molar-refractivity contribution in [3.63, 3.8) is 0 Å². The zero-order valence-corrected chi connectivity index (χ0v) is 13.9. The number of rotatable bonds is 5. The molecule has 0 aliphatic rings. The van der Waals surface area contributed by atoms with Crippen LogP contribution in [-0.4, -0.2) is 11.7 Å². The molecule has 1 N–H and O–H groups in total. The summed E-state index contributed by atoms with van der Waals surface area (Å²) in [4.78, 5) is 11.9. The molecule has 0 saturated carbocycles. The zero-order chi connectivity index (χ0) is 15.2. The molecule has 21 heavy (non-hydrogen) atoms. The summed E-state index contributed by atoms with van der Waals surface area (Å²) in [7, 11) is 0. The first-order chi connectivity index (χ1) is 10.1. The molecule has 0 aliphatic carbocycles. The largest absolute Gasteiger partial charge is 0.325 e. The lowest BCUT2D eigenvalue weighted by Gasteiger charge is -2.09. The normalized spacial score (nSPS) is 10.4. The lowest BCUT2D eigenvalue weighted by atomic mass is 10.2. The summed E-state index contributed by atoms with van der Waals surface area (Å²) in [6, 6.07) is 13.1. The summed E-state index contributed by atoms with van der Waals surface area (Å²) in [6.07, 6.45) is 0. The number of nitrogens with one attached hydrogen (secondary N) is 1. The van der Waals surface area contributed by atoms with Crippen LogP contribution in [0.2, 0.25) is 10.0 Å². The molecule has 2 rings (SSSR count). The fraction of sp³-hybridized carbons (Fsp3) is 0.188. The number of thioether (sulfide) groups is 1. The number of anilines is 1. The van der Waals surface area contributed by atoms with Crippen LogP contribution in [-0.2, 0) is 10.5 Å². The average molecular weight is 340 g/mol. The Hall–Kier alpha value is -1.16. The molecule has 0 spiro atoms. The van der Waals surface area contributed by atoms with E-state index in [0.29, 0.717) is 16.5 Å². The summed E-state index contributed by atoms with van der Waals surface area (Å²) < 4.78 is 0. The lowest BCUT2D eigenvalue weighted by Crippen LogP contribution is -2.15. The molecular formula is C16H15Cl2NOS. The first kappa shape index (κ1) is 16.2. The Kier molecular flexibility index (Phi) is 5.97. The van der Waals surface area contributed by atoms with E-state index in [1.807, 2.05) is 43.3 Å². The van der Waals surface area contributed by atoms with Gasteiger partial charge in [0.15, 0.2) is 0 Å². The Morgan fingerprint density at radius 1 is 1.10 bits per heavy atom. The Bertz CT molecular complexity index is 646. The van der Waals surface area contributed by atoms with E-state index in [1.165, 1.54) is 11.8 Å². The maximum atomic E-state index is 11.9. The van der Waals surface area contributed by atoms with Crippen LogP contribution >= 0.6 is 35.0 Å². The number of hydrogen-bond acceptors (Lipinski definition) is 2. The van der Waals surface area contributed by atoms with Crippen molar-refractivity contribution in [2.24, 2.45) is 0 Å². The summed E-state index contributed by atoms with van der Waals surface area (Å²) in [5.74, 6) is 1.04. The molecule has 2 aromatic rings. The third kappa shape index (κ3) is 4.67. The first-order valence-corrected chi connectivity index (χ1v) is 8.35. The van der Waals surface area contributed by atoms with E-state index in [-0.39, 0.29) is 5.91 Å². The van der Waals surface area contributed by atoms with Crippen molar-refractivity contribution < 1.29 is 4.79 Å². The van der Waals surface area contributed by atoms with E-state index in [2.05, 4.69) is 5.32 Å². The van der Waals surface area contributed by atoms with Crippen molar-refractivity contribution in [2.75, 3.05) is 11.1 Å². The zero-order valence-electron chi connectivity index (χ0n) is 11.5. The Balaban J connectivity index is 1.85. The van der Waals surface area contributed by atoms with Crippen molar-refractivity contribution in [2.45, 2.75) is 12.7 Å². The molecule has 2 aromatic carbocycles.